The van der Waals surface area contributed by atoms with Gasteiger partial charge in [-0.25, -0.2) is 0 Å². The van der Waals surface area contributed by atoms with E-state index in [0.29, 0.717) is 12.1 Å². The molecule has 22 heavy (non-hydrogen) atoms. The van der Waals surface area contributed by atoms with Gasteiger partial charge in [-0.15, -0.1) is 0 Å². The molecular formula is C19H17N3. The van der Waals surface area contributed by atoms with E-state index < -0.39 is 0 Å². The Labute approximate surface area is 129 Å². The molecule has 0 amide bonds. The van der Waals surface area contributed by atoms with Crippen LogP contribution < -0.4 is 11.5 Å². The number of rotatable bonds is 2. The molecule has 0 saturated carbocycles. The quantitative estimate of drug-likeness (QED) is 0.705. The number of hydrogen-bond donors (Lipinski definition) is 2. The first-order chi connectivity index (χ1) is 10.6. The summed E-state index contributed by atoms with van der Waals surface area (Å²) in [5, 5.41) is 11.5. The maximum absolute atomic E-state index is 9.17. The molecule has 0 unspecified atom stereocenters. The molecule has 0 spiro atoms. The monoisotopic (exact) mass is 287 g/mol. The topological polar surface area (TPSA) is 75.8 Å². The predicted octanol–water partition coefficient (Wildman–Crippen LogP) is 3.73. The van der Waals surface area contributed by atoms with Gasteiger partial charge in [0.25, 0.3) is 0 Å². The van der Waals surface area contributed by atoms with Crippen LogP contribution in [0.25, 0.3) is 21.9 Å². The molecule has 3 aromatic rings. The molecule has 0 fully saturated rings. The van der Waals surface area contributed by atoms with Crippen LogP contribution in [0, 0.1) is 18.3 Å². The zero-order valence-corrected chi connectivity index (χ0v) is 12.4. The van der Waals surface area contributed by atoms with Crippen molar-refractivity contribution in [3.8, 4) is 17.2 Å². The van der Waals surface area contributed by atoms with Gasteiger partial charge in [0.2, 0.25) is 0 Å². The predicted molar refractivity (Wildman–Crippen MR) is 91.1 cm³/mol. The highest BCUT2D eigenvalue weighted by molar-refractivity contribution is 5.92. The molecule has 0 radical (unpaired) electrons. The zero-order valence-electron chi connectivity index (χ0n) is 12.4. The molecule has 0 atom stereocenters. The first-order valence-corrected chi connectivity index (χ1v) is 7.15. The number of nitriles is 1. The van der Waals surface area contributed by atoms with Crippen molar-refractivity contribution in [3.63, 3.8) is 0 Å². The van der Waals surface area contributed by atoms with Gasteiger partial charge in [0.1, 0.15) is 0 Å². The van der Waals surface area contributed by atoms with E-state index in [-0.39, 0.29) is 0 Å². The van der Waals surface area contributed by atoms with Crippen LogP contribution in [0.15, 0.2) is 48.5 Å². The first kappa shape index (κ1) is 14.1. The average molecular weight is 287 g/mol. The normalized spacial score (nSPS) is 10.6. The molecule has 0 aliphatic carbocycles. The molecule has 0 heterocycles. The van der Waals surface area contributed by atoms with Crippen molar-refractivity contribution in [2.24, 2.45) is 5.73 Å². The van der Waals surface area contributed by atoms with Gasteiger partial charge < -0.3 is 11.5 Å². The van der Waals surface area contributed by atoms with E-state index in [2.05, 4.69) is 31.2 Å². The van der Waals surface area contributed by atoms with Crippen LogP contribution in [0.2, 0.25) is 0 Å². The van der Waals surface area contributed by atoms with E-state index >= 15 is 0 Å². The van der Waals surface area contributed by atoms with E-state index in [0.717, 1.165) is 33.3 Å². The van der Waals surface area contributed by atoms with E-state index in [1.165, 1.54) is 5.39 Å². The number of fused-ring (bicyclic) bond motifs is 1. The number of hydrogen-bond acceptors (Lipinski definition) is 3. The number of aryl methyl sites for hydroxylation is 1. The molecule has 3 heteroatoms. The summed E-state index contributed by atoms with van der Waals surface area (Å²) in [5.74, 6) is 0. The SMILES string of the molecule is Cc1cc(N)cc2cc(-c3cc(C#N)cc(CN)c3)ccc12. The van der Waals surface area contributed by atoms with Crippen molar-refractivity contribution < 1.29 is 0 Å². The standard InChI is InChI=1S/C19H17N3/c1-12-4-18(22)9-17-8-15(2-3-19(12)17)16-6-13(10-20)5-14(7-16)11-21/h2-9H,10,20,22H2,1H3. The average Bonchev–Trinajstić information content (AvgIpc) is 2.53. The smallest absolute Gasteiger partial charge is 0.0991 e. The molecule has 3 aromatic carbocycles. The zero-order chi connectivity index (χ0) is 15.7. The number of nitrogens with zero attached hydrogens (tertiary/aromatic N) is 1. The fourth-order valence-corrected chi connectivity index (χ4v) is 2.81. The summed E-state index contributed by atoms with van der Waals surface area (Å²) < 4.78 is 0. The van der Waals surface area contributed by atoms with Crippen molar-refractivity contribution in [3.05, 3.63) is 65.2 Å². The third kappa shape index (κ3) is 2.52. The molecule has 4 N–H and O–H groups in total. The second-order valence-electron chi connectivity index (χ2n) is 5.51. The lowest BCUT2D eigenvalue weighted by atomic mass is 9.96. The lowest BCUT2D eigenvalue weighted by molar-refractivity contribution is 1.07. The Hall–Kier alpha value is -2.83. The molecule has 0 bridgehead atoms. The van der Waals surface area contributed by atoms with E-state index in [4.69, 9.17) is 16.7 Å². The Morgan fingerprint density at radius 2 is 1.82 bits per heavy atom. The summed E-state index contributed by atoms with van der Waals surface area (Å²) >= 11 is 0. The fourth-order valence-electron chi connectivity index (χ4n) is 2.81. The summed E-state index contributed by atoms with van der Waals surface area (Å²) in [6, 6.07) is 18.2. The minimum absolute atomic E-state index is 0.419. The fraction of sp³-hybridized carbons (Fsp3) is 0.105. The van der Waals surface area contributed by atoms with Gasteiger partial charge in [0.15, 0.2) is 0 Å². The van der Waals surface area contributed by atoms with Crippen molar-refractivity contribution in [1.29, 1.82) is 5.26 Å². The van der Waals surface area contributed by atoms with Gasteiger partial charge in [-0.3, -0.25) is 0 Å². The van der Waals surface area contributed by atoms with Crippen molar-refractivity contribution in [1.82, 2.24) is 0 Å². The Morgan fingerprint density at radius 3 is 2.55 bits per heavy atom. The molecule has 0 aliphatic rings. The maximum atomic E-state index is 9.17. The van der Waals surface area contributed by atoms with Gasteiger partial charge >= 0.3 is 0 Å². The molecular weight excluding hydrogens is 270 g/mol. The number of nitrogens with two attached hydrogens (primary N) is 2. The number of nitrogen functional groups attached to an aromatic ring is 1. The van der Waals surface area contributed by atoms with Crippen LogP contribution in [-0.4, -0.2) is 0 Å². The first-order valence-electron chi connectivity index (χ1n) is 7.15. The van der Waals surface area contributed by atoms with Crippen LogP contribution in [0.3, 0.4) is 0 Å². The summed E-state index contributed by atoms with van der Waals surface area (Å²) in [6.45, 7) is 2.48. The second kappa shape index (κ2) is 5.51. The van der Waals surface area contributed by atoms with Gasteiger partial charge in [-0.1, -0.05) is 12.1 Å². The van der Waals surface area contributed by atoms with Crippen molar-refractivity contribution in [2.75, 3.05) is 5.73 Å². The lowest BCUT2D eigenvalue weighted by Gasteiger charge is -2.09. The van der Waals surface area contributed by atoms with Gasteiger partial charge in [0, 0.05) is 12.2 Å². The highest BCUT2D eigenvalue weighted by atomic mass is 14.5. The highest BCUT2D eigenvalue weighted by Crippen LogP contribution is 2.29. The summed E-state index contributed by atoms with van der Waals surface area (Å²) in [5.41, 5.74) is 17.2. The Kier molecular flexibility index (Phi) is 3.54. The van der Waals surface area contributed by atoms with Crippen molar-refractivity contribution >= 4 is 16.5 Å². The van der Waals surface area contributed by atoms with Crippen LogP contribution in [0.5, 0.6) is 0 Å². The highest BCUT2D eigenvalue weighted by Gasteiger charge is 2.06. The Balaban J connectivity index is 2.20. The molecule has 0 aliphatic heterocycles. The largest absolute Gasteiger partial charge is 0.399 e. The van der Waals surface area contributed by atoms with Gasteiger partial charge in [-0.05, 0) is 76.3 Å². The third-order valence-corrected chi connectivity index (χ3v) is 3.87. The molecule has 3 nitrogen and oxygen atoms in total. The van der Waals surface area contributed by atoms with E-state index in [1.807, 2.05) is 30.3 Å². The van der Waals surface area contributed by atoms with Gasteiger partial charge in [-0.2, -0.15) is 5.26 Å². The molecule has 108 valence electrons. The van der Waals surface area contributed by atoms with Crippen LogP contribution >= 0.6 is 0 Å². The molecule has 0 aromatic heterocycles. The third-order valence-electron chi connectivity index (χ3n) is 3.87. The second-order valence-corrected chi connectivity index (χ2v) is 5.51. The Bertz CT molecular complexity index is 904. The minimum Gasteiger partial charge on any atom is -0.399 e. The molecule has 0 saturated heterocycles. The Morgan fingerprint density at radius 1 is 1.00 bits per heavy atom. The van der Waals surface area contributed by atoms with Gasteiger partial charge in [0.05, 0.1) is 11.6 Å². The van der Waals surface area contributed by atoms with E-state index in [1.54, 1.807) is 0 Å². The summed E-state index contributed by atoms with van der Waals surface area (Å²) in [7, 11) is 0. The van der Waals surface area contributed by atoms with E-state index in [9.17, 15) is 0 Å². The summed E-state index contributed by atoms with van der Waals surface area (Å²) in [6.07, 6.45) is 0. The number of benzene rings is 3. The molecule has 3 rings (SSSR count). The van der Waals surface area contributed by atoms with Crippen LogP contribution in [-0.2, 0) is 6.54 Å². The number of anilines is 1. The lowest BCUT2D eigenvalue weighted by Crippen LogP contribution is -1.97. The maximum Gasteiger partial charge on any atom is 0.0991 e. The summed E-state index contributed by atoms with van der Waals surface area (Å²) in [4.78, 5) is 0. The van der Waals surface area contributed by atoms with Crippen LogP contribution in [0.1, 0.15) is 16.7 Å². The van der Waals surface area contributed by atoms with Crippen molar-refractivity contribution in [2.45, 2.75) is 13.5 Å². The minimum atomic E-state index is 0.419. The van der Waals surface area contributed by atoms with Crippen LogP contribution in [0.4, 0.5) is 5.69 Å².